The van der Waals surface area contributed by atoms with Crippen LogP contribution in [0.1, 0.15) is 53.6 Å². The number of carbonyl (C=O) groups is 1. The van der Waals surface area contributed by atoms with E-state index in [9.17, 15) is 4.79 Å². The van der Waals surface area contributed by atoms with Crippen molar-refractivity contribution in [3.63, 3.8) is 0 Å². The Balaban J connectivity index is 1.80. The fourth-order valence-corrected chi connectivity index (χ4v) is 5.13. The Bertz CT molecular complexity index is 1220. The SMILES string of the molecule is CCC(=O)Nc1ccc(N2C(=S)N[C@@H](c3ccccn3)[C@H]2c2cc(C)n(CCOC)c2C)cc1C. The van der Waals surface area contributed by atoms with Gasteiger partial charge in [0.1, 0.15) is 0 Å². The zero-order valence-corrected chi connectivity index (χ0v) is 21.8. The number of benzene rings is 1. The molecule has 3 heterocycles. The number of amides is 1. The summed E-state index contributed by atoms with van der Waals surface area (Å²) in [6.45, 7) is 9.57. The van der Waals surface area contributed by atoms with Gasteiger partial charge in [-0.05, 0) is 80.5 Å². The molecule has 0 aliphatic carbocycles. The highest BCUT2D eigenvalue weighted by molar-refractivity contribution is 7.80. The number of thiocarbonyl (C=S) groups is 1. The summed E-state index contributed by atoms with van der Waals surface area (Å²) in [7, 11) is 1.72. The van der Waals surface area contributed by atoms with Gasteiger partial charge in [0.05, 0.1) is 24.4 Å². The average molecular weight is 492 g/mol. The average Bonchev–Trinajstić information content (AvgIpc) is 3.34. The first kappa shape index (κ1) is 24.9. The minimum Gasteiger partial charge on any atom is -0.383 e. The van der Waals surface area contributed by atoms with Crippen LogP contribution in [0.25, 0.3) is 0 Å². The fraction of sp³-hybridized carbons (Fsp3) is 0.370. The van der Waals surface area contributed by atoms with Gasteiger partial charge in [0, 0.05) is 49.0 Å². The lowest BCUT2D eigenvalue weighted by Crippen LogP contribution is -2.29. The van der Waals surface area contributed by atoms with Crippen LogP contribution in [0.15, 0.2) is 48.7 Å². The van der Waals surface area contributed by atoms with E-state index in [4.69, 9.17) is 17.0 Å². The standard InChI is InChI=1S/C27H33N5O2S/c1-6-24(33)29-22-11-10-20(15-17(22)2)32-26(21-16-18(3)31(19(21)4)13-14-34-5)25(30-27(32)35)23-9-7-8-12-28-23/h7-12,15-16,25-26H,6,13-14H2,1-5H3,(H,29,33)(H,30,35)/t25-,26+/m0/s1. The molecule has 4 rings (SSSR count). The van der Waals surface area contributed by atoms with Crippen molar-refractivity contribution >= 4 is 34.6 Å². The summed E-state index contributed by atoms with van der Waals surface area (Å²) in [5.74, 6) is -0.00389. The molecule has 0 bridgehead atoms. The second-order valence-corrected chi connectivity index (χ2v) is 9.26. The second kappa shape index (κ2) is 10.6. The number of hydrogen-bond acceptors (Lipinski definition) is 4. The van der Waals surface area contributed by atoms with Gasteiger partial charge in [0.15, 0.2) is 5.11 Å². The lowest BCUT2D eigenvalue weighted by Gasteiger charge is -2.29. The summed E-state index contributed by atoms with van der Waals surface area (Å²) in [6.07, 6.45) is 2.25. The molecule has 2 N–H and O–H groups in total. The number of pyridine rings is 1. The van der Waals surface area contributed by atoms with E-state index in [0.717, 1.165) is 29.2 Å². The summed E-state index contributed by atoms with van der Waals surface area (Å²) in [4.78, 5) is 18.8. The number of aromatic nitrogens is 2. The van der Waals surface area contributed by atoms with Crippen LogP contribution in [0.3, 0.4) is 0 Å². The normalized spacial score (nSPS) is 17.5. The van der Waals surface area contributed by atoms with E-state index in [1.54, 1.807) is 7.11 Å². The van der Waals surface area contributed by atoms with Crippen molar-refractivity contribution in [2.75, 3.05) is 23.9 Å². The van der Waals surface area contributed by atoms with Gasteiger partial charge in [0.25, 0.3) is 0 Å². The number of anilines is 2. The van der Waals surface area contributed by atoms with Crippen molar-refractivity contribution < 1.29 is 9.53 Å². The Labute approximate surface area is 212 Å². The van der Waals surface area contributed by atoms with Gasteiger partial charge in [-0.15, -0.1) is 0 Å². The number of nitrogens with zero attached hydrogens (tertiary/aromatic N) is 3. The number of aryl methyl sites for hydroxylation is 2. The van der Waals surface area contributed by atoms with Crippen molar-refractivity contribution in [1.82, 2.24) is 14.9 Å². The minimum absolute atomic E-state index is 0.00389. The first-order valence-corrected chi connectivity index (χ1v) is 12.3. The molecule has 1 saturated heterocycles. The van der Waals surface area contributed by atoms with E-state index in [0.29, 0.717) is 18.1 Å². The van der Waals surface area contributed by atoms with Crippen LogP contribution in [0.4, 0.5) is 11.4 Å². The number of nitrogens with one attached hydrogen (secondary N) is 2. The molecule has 1 fully saturated rings. The predicted octanol–water partition coefficient (Wildman–Crippen LogP) is 4.98. The third kappa shape index (κ3) is 4.94. The highest BCUT2D eigenvalue weighted by atomic mass is 32.1. The van der Waals surface area contributed by atoms with Crippen LogP contribution in [0, 0.1) is 20.8 Å². The van der Waals surface area contributed by atoms with Crippen molar-refractivity contribution in [1.29, 1.82) is 0 Å². The molecule has 2 atom stereocenters. The van der Waals surface area contributed by atoms with Crippen LogP contribution < -0.4 is 15.5 Å². The maximum absolute atomic E-state index is 11.9. The molecule has 8 heteroatoms. The highest BCUT2D eigenvalue weighted by Gasteiger charge is 2.42. The molecule has 1 aromatic carbocycles. The topological polar surface area (TPSA) is 71.4 Å². The van der Waals surface area contributed by atoms with Crippen molar-refractivity contribution in [3.05, 3.63) is 76.9 Å². The minimum atomic E-state index is -0.111. The Kier molecular flexibility index (Phi) is 7.52. The Morgan fingerprint density at radius 3 is 2.66 bits per heavy atom. The lowest BCUT2D eigenvalue weighted by atomic mass is 9.96. The molecule has 7 nitrogen and oxygen atoms in total. The van der Waals surface area contributed by atoms with Crippen LogP contribution in [0.5, 0.6) is 0 Å². The molecule has 0 unspecified atom stereocenters. The molecule has 184 valence electrons. The molecular formula is C27H33N5O2S. The van der Waals surface area contributed by atoms with E-state index in [2.05, 4.69) is 51.1 Å². The second-order valence-electron chi connectivity index (χ2n) is 8.87. The number of ether oxygens (including phenoxy) is 1. The largest absolute Gasteiger partial charge is 0.383 e. The first-order valence-electron chi connectivity index (χ1n) is 11.9. The van der Waals surface area contributed by atoms with Gasteiger partial charge in [-0.3, -0.25) is 9.78 Å². The third-order valence-electron chi connectivity index (χ3n) is 6.63. The monoisotopic (exact) mass is 491 g/mol. The number of methoxy groups -OCH3 is 1. The van der Waals surface area contributed by atoms with Gasteiger partial charge in [-0.2, -0.15) is 0 Å². The van der Waals surface area contributed by atoms with E-state index < -0.39 is 0 Å². The van der Waals surface area contributed by atoms with Crippen LogP contribution in [-0.4, -0.2) is 34.3 Å². The summed E-state index contributed by atoms with van der Waals surface area (Å²) in [6, 6.07) is 14.1. The molecule has 0 spiro atoms. The molecule has 35 heavy (non-hydrogen) atoms. The van der Waals surface area contributed by atoms with Crippen molar-refractivity contribution in [2.24, 2.45) is 0 Å². The van der Waals surface area contributed by atoms with E-state index in [1.165, 1.54) is 17.0 Å². The summed E-state index contributed by atoms with van der Waals surface area (Å²) in [5, 5.41) is 7.16. The van der Waals surface area contributed by atoms with Crippen molar-refractivity contribution in [3.8, 4) is 0 Å². The zero-order valence-electron chi connectivity index (χ0n) is 21.0. The number of hydrogen-bond donors (Lipinski definition) is 2. The quantitative estimate of drug-likeness (QED) is 0.433. The Morgan fingerprint density at radius 1 is 1.20 bits per heavy atom. The molecule has 1 aliphatic rings. The van der Waals surface area contributed by atoms with E-state index in [-0.39, 0.29) is 18.0 Å². The highest BCUT2D eigenvalue weighted by Crippen LogP contribution is 2.43. The zero-order chi connectivity index (χ0) is 25.1. The predicted molar refractivity (Wildman–Crippen MR) is 144 cm³/mol. The summed E-state index contributed by atoms with van der Waals surface area (Å²) >= 11 is 5.88. The van der Waals surface area contributed by atoms with E-state index >= 15 is 0 Å². The Hall–Kier alpha value is -3.23. The number of carbonyl (C=O) groups excluding carboxylic acids is 1. The summed E-state index contributed by atoms with van der Waals surface area (Å²) in [5.41, 5.74) is 7.27. The first-order chi connectivity index (χ1) is 16.8. The molecule has 0 saturated carbocycles. The molecule has 3 aromatic rings. The Morgan fingerprint density at radius 2 is 2.00 bits per heavy atom. The molecule has 1 amide bonds. The summed E-state index contributed by atoms with van der Waals surface area (Å²) < 4.78 is 7.64. The molecule has 2 aromatic heterocycles. The van der Waals surface area contributed by atoms with Gasteiger partial charge in [-0.1, -0.05) is 13.0 Å². The van der Waals surface area contributed by atoms with Crippen LogP contribution in [0.2, 0.25) is 0 Å². The third-order valence-corrected chi connectivity index (χ3v) is 6.95. The smallest absolute Gasteiger partial charge is 0.224 e. The van der Waals surface area contributed by atoms with Crippen molar-refractivity contribution in [2.45, 2.75) is 52.7 Å². The van der Waals surface area contributed by atoms with Gasteiger partial charge in [-0.25, -0.2) is 0 Å². The molecule has 1 aliphatic heterocycles. The molecule has 0 radical (unpaired) electrons. The lowest BCUT2D eigenvalue weighted by molar-refractivity contribution is -0.115. The fourth-order valence-electron chi connectivity index (χ4n) is 4.78. The van der Waals surface area contributed by atoms with Gasteiger partial charge < -0.3 is 24.8 Å². The maximum atomic E-state index is 11.9. The maximum Gasteiger partial charge on any atom is 0.224 e. The van der Waals surface area contributed by atoms with Gasteiger partial charge >= 0.3 is 0 Å². The van der Waals surface area contributed by atoms with E-state index in [1.807, 2.05) is 50.4 Å². The van der Waals surface area contributed by atoms with Gasteiger partial charge in [0.2, 0.25) is 5.91 Å². The van der Waals surface area contributed by atoms with Crippen LogP contribution in [-0.2, 0) is 16.1 Å². The van der Waals surface area contributed by atoms with Crippen LogP contribution >= 0.6 is 12.2 Å². The number of rotatable bonds is 8. The molecular weight excluding hydrogens is 458 g/mol.